The average molecular weight is 278 g/mol. The van der Waals surface area contributed by atoms with Gasteiger partial charge in [-0.1, -0.05) is 0 Å². The fraction of sp³-hybridized carbons (Fsp3) is 0.455. The number of nitrogens with zero attached hydrogens (tertiary/aromatic N) is 4. The van der Waals surface area contributed by atoms with Crippen LogP contribution in [0.25, 0.3) is 0 Å². The molecule has 0 aliphatic carbocycles. The zero-order valence-corrected chi connectivity index (χ0v) is 11.3. The van der Waals surface area contributed by atoms with Crippen molar-refractivity contribution in [3.8, 4) is 0 Å². The molecule has 0 radical (unpaired) electrons. The third kappa shape index (κ3) is 2.30. The van der Waals surface area contributed by atoms with Crippen LogP contribution in [-0.4, -0.2) is 32.2 Å². The topological polar surface area (TPSA) is 98.7 Å². The summed E-state index contributed by atoms with van der Waals surface area (Å²) < 4.78 is 2.09. The Hall–Kier alpha value is -1.96. The Bertz CT molecular complexity index is 618. The van der Waals surface area contributed by atoms with Gasteiger partial charge in [-0.3, -0.25) is 4.79 Å². The Morgan fingerprint density at radius 1 is 1.63 bits per heavy atom. The number of fused-ring (bicyclic) bond motifs is 1. The van der Waals surface area contributed by atoms with Gasteiger partial charge in [0.05, 0.1) is 0 Å². The summed E-state index contributed by atoms with van der Waals surface area (Å²) in [7, 11) is 0. The molecule has 3 heterocycles. The third-order valence-corrected chi connectivity index (χ3v) is 3.90. The summed E-state index contributed by atoms with van der Waals surface area (Å²) >= 11 is 1.27. The van der Waals surface area contributed by atoms with Crippen LogP contribution >= 0.6 is 11.3 Å². The van der Waals surface area contributed by atoms with Crippen molar-refractivity contribution >= 4 is 22.4 Å². The fourth-order valence-electron chi connectivity index (χ4n) is 2.25. The van der Waals surface area contributed by atoms with Gasteiger partial charge in [0.15, 0.2) is 5.13 Å². The molecule has 8 heteroatoms. The molecule has 0 fully saturated rings. The van der Waals surface area contributed by atoms with Crippen LogP contribution in [0.5, 0.6) is 0 Å². The fourth-order valence-corrected chi connectivity index (χ4v) is 2.79. The molecule has 0 spiro atoms. The number of nitrogens with one attached hydrogen (secondary N) is 1. The summed E-state index contributed by atoms with van der Waals surface area (Å²) in [6.45, 7) is 3.40. The van der Waals surface area contributed by atoms with Gasteiger partial charge < -0.3 is 15.6 Å². The molecule has 1 unspecified atom stereocenters. The van der Waals surface area contributed by atoms with E-state index in [1.807, 2.05) is 6.92 Å². The van der Waals surface area contributed by atoms with Crippen molar-refractivity contribution in [2.75, 3.05) is 12.3 Å². The molecule has 100 valence electrons. The highest BCUT2D eigenvalue weighted by atomic mass is 32.1. The second kappa shape index (κ2) is 4.61. The van der Waals surface area contributed by atoms with Crippen LogP contribution in [0.4, 0.5) is 5.13 Å². The first-order valence-corrected chi connectivity index (χ1v) is 6.89. The first-order chi connectivity index (χ1) is 9.13. The van der Waals surface area contributed by atoms with Crippen molar-refractivity contribution in [2.45, 2.75) is 19.9 Å². The van der Waals surface area contributed by atoms with Gasteiger partial charge in [0.2, 0.25) is 0 Å². The monoisotopic (exact) mass is 278 g/mol. The summed E-state index contributed by atoms with van der Waals surface area (Å²) in [5.74, 6) is 2.11. The Labute approximate surface area is 113 Å². The van der Waals surface area contributed by atoms with Gasteiger partial charge in [-0.15, -0.1) is 21.5 Å². The van der Waals surface area contributed by atoms with Crippen molar-refractivity contribution in [1.29, 1.82) is 0 Å². The number of nitrogens with two attached hydrogens (primary N) is 1. The van der Waals surface area contributed by atoms with Crippen LogP contribution in [0.1, 0.15) is 22.1 Å². The second-order valence-corrected chi connectivity index (χ2v) is 5.51. The largest absolute Gasteiger partial charge is 0.375 e. The molecule has 2 aromatic rings. The molecule has 1 aliphatic heterocycles. The van der Waals surface area contributed by atoms with E-state index in [9.17, 15) is 4.79 Å². The van der Waals surface area contributed by atoms with Crippen molar-refractivity contribution in [1.82, 2.24) is 25.1 Å². The molecule has 0 aromatic carbocycles. The summed E-state index contributed by atoms with van der Waals surface area (Å²) in [4.78, 5) is 15.8. The number of carbonyl (C=O) groups excluding carboxylic acids is 1. The van der Waals surface area contributed by atoms with Crippen molar-refractivity contribution in [3.63, 3.8) is 0 Å². The average Bonchev–Trinajstić information content (AvgIpc) is 3.05. The minimum atomic E-state index is -0.174. The van der Waals surface area contributed by atoms with E-state index in [1.165, 1.54) is 11.3 Å². The molecule has 19 heavy (non-hydrogen) atoms. The van der Waals surface area contributed by atoms with Crippen LogP contribution in [0.2, 0.25) is 0 Å². The number of aromatic nitrogens is 4. The summed E-state index contributed by atoms with van der Waals surface area (Å²) in [6.07, 6.45) is 0.848. The highest BCUT2D eigenvalue weighted by Gasteiger charge is 2.25. The Kier molecular flexibility index (Phi) is 2.94. The maximum atomic E-state index is 11.8. The quantitative estimate of drug-likeness (QED) is 0.837. The lowest BCUT2D eigenvalue weighted by Crippen LogP contribution is -2.30. The van der Waals surface area contributed by atoms with E-state index >= 15 is 0 Å². The standard InChI is InChI=1S/C11H14N6OS/c1-6-15-16-9-2-7(4-17(6)9)3-13-10(18)8-5-19-11(12)14-8/h5,7H,2-4H2,1H3,(H2,12,14)(H,13,18). The van der Waals surface area contributed by atoms with Gasteiger partial charge >= 0.3 is 0 Å². The predicted molar refractivity (Wildman–Crippen MR) is 70.8 cm³/mol. The highest BCUT2D eigenvalue weighted by molar-refractivity contribution is 7.13. The van der Waals surface area contributed by atoms with Crippen LogP contribution in [0.3, 0.4) is 0 Å². The SMILES string of the molecule is Cc1nnc2n1CC(CNC(=O)c1csc(N)n1)C2. The zero-order valence-electron chi connectivity index (χ0n) is 10.5. The van der Waals surface area contributed by atoms with Gasteiger partial charge in [-0.25, -0.2) is 4.98 Å². The lowest BCUT2D eigenvalue weighted by molar-refractivity contribution is 0.0942. The normalized spacial score (nSPS) is 17.4. The van der Waals surface area contributed by atoms with Crippen LogP contribution < -0.4 is 11.1 Å². The molecule has 0 saturated carbocycles. The zero-order chi connectivity index (χ0) is 13.4. The third-order valence-electron chi connectivity index (χ3n) is 3.23. The number of aryl methyl sites for hydroxylation is 1. The molecule has 1 atom stereocenters. The number of amides is 1. The molecule has 3 N–H and O–H groups in total. The Balaban J connectivity index is 1.56. The van der Waals surface area contributed by atoms with E-state index < -0.39 is 0 Å². The molecular weight excluding hydrogens is 264 g/mol. The summed E-state index contributed by atoms with van der Waals surface area (Å²) in [6, 6.07) is 0. The molecule has 1 amide bonds. The minimum Gasteiger partial charge on any atom is -0.375 e. The first kappa shape index (κ1) is 12.1. The molecule has 0 saturated heterocycles. The molecule has 1 aliphatic rings. The maximum absolute atomic E-state index is 11.8. The molecule has 7 nitrogen and oxygen atoms in total. The molecular formula is C11H14N6OS. The summed E-state index contributed by atoms with van der Waals surface area (Å²) in [5.41, 5.74) is 5.89. The number of nitrogen functional groups attached to an aromatic ring is 1. The van der Waals surface area contributed by atoms with Crippen molar-refractivity contribution in [2.24, 2.45) is 5.92 Å². The van der Waals surface area contributed by atoms with Crippen molar-refractivity contribution in [3.05, 3.63) is 22.7 Å². The van der Waals surface area contributed by atoms with Gasteiger partial charge in [0, 0.05) is 30.8 Å². The van der Waals surface area contributed by atoms with E-state index in [0.29, 0.717) is 23.3 Å². The molecule has 0 bridgehead atoms. The minimum absolute atomic E-state index is 0.174. The molecule has 3 rings (SSSR count). The van der Waals surface area contributed by atoms with Crippen molar-refractivity contribution < 1.29 is 4.79 Å². The summed E-state index contributed by atoms with van der Waals surface area (Å²) in [5, 5.41) is 13.1. The lowest BCUT2D eigenvalue weighted by Gasteiger charge is -2.09. The Morgan fingerprint density at radius 2 is 2.47 bits per heavy atom. The van der Waals surface area contributed by atoms with E-state index in [2.05, 4.69) is 25.1 Å². The smallest absolute Gasteiger partial charge is 0.270 e. The maximum Gasteiger partial charge on any atom is 0.270 e. The number of anilines is 1. The van der Waals surface area contributed by atoms with E-state index in [1.54, 1.807) is 5.38 Å². The van der Waals surface area contributed by atoms with Crippen LogP contribution in [0, 0.1) is 12.8 Å². The molecule has 2 aromatic heterocycles. The Morgan fingerprint density at radius 3 is 3.16 bits per heavy atom. The van der Waals surface area contributed by atoms with Gasteiger partial charge in [0.25, 0.3) is 5.91 Å². The predicted octanol–water partition coefficient (Wildman–Crippen LogP) is 0.228. The number of carbonyl (C=O) groups is 1. The van der Waals surface area contributed by atoms with Gasteiger partial charge in [-0.05, 0) is 6.92 Å². The van der Waals surface area contributed by atoms with E-state index in [0.717, 1.165) is 24.6 Å². The number of hydrogen-bond donors (Lipinski definition) is 2. The number of rotatable bonds is 3. The number of thiazole rings is 1. The van der Waals surface area contributed by atoms with Crippen LogP contribution in [0.15, 0.2) is 5.38 Å². The van der Waals surface area contributed by atoms with Crippen LogP contribution in [-0.2, 0) is 13.0 Å². The van der Waals surface area contributed by atoms with Gasteiger partial charge in [0.1, 0.15) is 17.3 Å². The highest BCUT2D eigenvalue weighted by Crippen LogP contribution is 2.19. The van der Waals surface area contributed by atoms with E-state index in [-0.39, 0.29) is 5.91 Å². The number of hydrogen-bond acceptors (Lipinski definition) is 6. The first-order valence-electron chi connectivity index (χ1n) is 6.01. The second-order valence-electron chi connectivity index (χ2n) is 4.63. The van der Waals surface area contributed by atoms with Gasteiger partial charge in [-0.2, -0.15) is 0 Å². The lowest BCUT2D eigenvalue weighted by atomic mass is 10.1. The van der Waals surface area contributed by atoms with E-state index in [4.69, 9.17) is 5.73 Å².